The SMILES string of the molecule is Cc1ccc2[nH]c3c(c2c1)CCC(CN(C)C)C3=O. The fourth-order valence-electron chi connectivity index (χ4n) is 3.10. The van der Waals surface area contributed by atoms with Gasteiger partial charge in [0.25, 0.3) is 0 Å². The number of hydrogen-bond acceptors (Lipinski definition) is 2. The maximum absolute atomic E-state index is 12.5. The molecule has 0 amide bonds. The third-order valence-electron chi connectivity index (χ3n) is 4.01. The largest absolute Gasteiger partial charge is 0.352 e. The fraction of sp³-hybridized carbons (Fsp3) is 0.438. The summed E-state index contributed by atoms with van der Waals surface area (Å²) in [6.45, 7) is 2.94. The number of fused-ring (bicyclic) bond motifs is 3. The van der Waals surface area contributed by atoms with Gasteiger partial charge in [-0.25, -0.2) is 0 Å². The van der Waals surface area contributed by atoms with E-state index < -0.39 is 0 Å². The maximum atomic E-state index is 12.5. The van der Waals surface area contributed by atoms with E-state index in [1.165, 1.54) is 16.5 Å². The third-order valence-corrected chi connectivity index (χ3v) is 4.01. The van der Waals surface area contributed by atoms with Crippen LogP contribution in [0.25, 0.3) is 10.9 Å². The number of rotatable bonds is 2. The molecule has 0 saturated heterocycles. The van der Waals surface area contributed by atoms with Gasteiger partial charge in [0.05, 0.1) is 5.69 Å². The topological polar surface area (TPSA) is 36.1 Å². The minimum Gasteiger partial charge on any atom is -0.352 e. The van der Waals surface area contributed by atoms with E-state index in [1.807, 2.05) is 14.1 Å². The molecular weight excluding hydrogens is 236 g/mol. The number of nitrogens with one attached hydrogen (secondary N) is 1. The molecule has 1 atom stereocenters. The first-order valence-corrected chi connectivity index (χ1v) is 6.86. The van der Waals surface area contributed by atoms with Crippen LogP contribution in [0.2, 0.25) is 0 Å². The number of aryl methyl sites for hydroxylation is 2. The molecule has 3 nitrogen and oxygen atoms in total. The number of ketones is 1. The molecule has 0 aliphatic heterocycles. The molecule has 2 aromatic rings. The van der Waals surface area contributed by atoms with Crippen LogP contribution in [0.5, 0.6) is 0 Å². The minimum absolute atomic E-state index is 0.136. The Morgan fingerprint density at radius 2 is 2.16 bits per heavy atom. The van der Waals surface area contributed by atoms with Crippen LogP contribution in [0.15, 0.2) is 18.2 Å². The molecular formula is C16H20N2O. The molecule has 19 heavy (non-hydrogen) atoms. The minimum atomic E-state index is 0.136. The van der Waals surface area contributed by atoms with Gasteiger partial charge in [0.1, 0.15) is 0 Å². The molecule has 1 unspecified atom stereocenters. The van der Waals surface area contributed by atoms with Crippen LogP contribution in [0.4, 0.5) is 0 Å². The molecule has 3 heteroatoms. The van der Waals surface area contributed by atoms with Crippen molar-refractivity contribution < 1.29 is 4.79 Å². The summed E-state index contributed by atoms with van der Waals surface area (Å²) in [6.07, 6.45) is 1.97. The summed E-state index contributed by atoms with van der Waals surface area (Å²) in [5, 5.41) is 1.23. The van der Waals surface area contributed by atoms with E-state index >= 15 is 0 Å². The molecule has 1 heterocycles. The Kier molecular flexibility index (Phi) is 2.94. The molecule has 0 bridgehead atoms. The van der Waals surface area contributed by atoms with Crippen LogP contribution in [-0.4, -0.2) is 36.3 Å². The van der Waals surface area contributed by atoms with Crippen LogP contribution < -0.4 is 0 Å². The van der Waals surface area contributed by atoms with Crippen LogP contribution in [0.3, 0.4) is 0 Å². The number of hydrogen-bond donors (Lipinski definition) is 1. The first-order chi connectivity index (χ1) is 9.06. The number of nitrogens with zero attached hydrogens (tertiary/aromatic N) is 1. The van der Waals surface area contributed by atoms with E-state index in [-0.39, 0.29) is 11.7 Å². The highest BCUT2D eigenvalue weighted by molar-refractivity contribution is 6.04. The van der Waals surface area contributed by atoms with Crippen LogP contribution in [0.1, 0.15) is 28.0 Å². The second kappa shape index (κ2) is 4.49. The summed E-state index contributed by atoms with van der Waals surface area (Å²) >= 11 is 0. The zero-order chi connectivity index (χ0) is 13.6. The molecule has 0 radical (unpaired) electrons. The van der Waals surface area contributed by atoms with Gasteiger partial charge in [-0.05, 0) is 51.6 Å². The van der Waals surface area contributed by atoms with Gasteiger partial charge in [-0.2, -0.15) is 0 Å². The van der Waals surface area contributed by atoms with E-state index in [1.54, 1.807) is 0 Å². The van der Waals surface area contributed by atoms with Crippen molar-refractivity contribution in [2.24, 2.45) is 5.92 Å². The molecule has 1 aromatic heterocycles. The van der Waals surface area contributed by atoms with Crippen molar-refractivity contribution in [1.82, 2.24) is 9.88 Å². The van der Waals surface area contributed by atoms with E-state index in [0.717, 1.165) is 30.6 Å². The molecule has 0 spiro atoms. The third kappa shape index (κ3) is 2.08. The van der Waals surface area contributed by atoms with Gasteiger partial charge in [-0.3, -0.25) is 4.79 Å². The lowest BCUT2D eigenvalue weighted by molar-refractivity contribution is 0.0873. The van der Waals surface area contributed by atoms with E-state index in [0.29, 0.717) is 0 Å². The number of H-pyrrole nitrogens is 1. The van der Waals surface area contributed by atoms with Crippen LogP contribution in [0, 0.1) is 12.8 Å². The number of Topliss-reactive ketones (excluding diaryl/α,β-unsaturated/α-hetero) is 1. The van der Waals surface area contributed by atoms with Crippen molar-refractivity contribution in [2.75, 3.05) is 20.6 Å². The Balaban J connectivity index is 2.05. The summed E-state index contributed by atoms with van der Waals surface area (Å²) in [5.41, 5.74) is 4.41. The van der Waals surface area contributed by atoms with Crippen LogP contribution >= 0.6 is 0 Å². The van der Waals surface area contributed by atoms with E-state index in [2.05, 4.69) is 35.0 Å². The van der Waals surface area contributed by atoms with Crippen molar-refractivity contribution in [1.29, 1.82) is 0 Å². The molecule has 1 aliphatic rings. The monoisotopic (exact) mass is 256 g/mol. The lowest BCUT2D eigenvalue weighted by Crippen LogP contribution is -2.31. The molecule has 1 aliphatic carbocycles. The molecule has 1 N–H and O–H groups in total. The highest BCUT2D eigenvalue weighted by Crippen LogP contribution is 2.32. The van der Waals surface area contributed by atoms with Crippen LogP contribution in [-0.2, 0) is 6.42 Å². The number of carbonyl (C=O) groups excluding carboxylic acids is 1. The molecule has 0 fully saturated rings. The van der Waals surface area contributed by atoms with Crippen molar-refractivity contribution >= 4 is 16.7 Å². The number of benzene rings is 1. The summed E-state index contributed by atoms with van der Waals surface area (Å²) in [5.74, 6) is 0.417. The molecule has 100 valence electrons. The Morgan fingerprint density at radius 3 is 2.89 bits per heavy atom. The van der Waals surface area contributed by atoms with Gasteiger partial charge in [-0.1, -0.05) is 11.6 Å². The smallest absolute Gasteiger partial charge is 0.183 e. The number of carbonyl (C=O) groups is 1. The Bertz CT molecular complexity index is 639. The highest BCUT2D eigenvalue weighted by atomic mass is 16.1. The summed E-state index contributed by atoms with van der Waals surface area (Å²) in [4.78, 5) is 18.0. The normalized spacial score (nSPS) is 19.2. The second-order valence-electron chi connectivity index (χ2n) is 5.89. The summed E-state index contributed by atoms with van der Waals surface area (Å²) < 4.78 is 0. The first-order valence-electron chi connectivity index (χ1n) is 6.86. The van der Waals surface area contributed by atoms with Gasteiger partial charge >= 0.3 is 0 Å². The zero-order valence-corrected chi connectivity index (χ0v) is 11.8. The van der Waals surface area contributed by atoms with Gasteiger partial charge in [0.2, 0.25) is 0 Å². The van der Waals surface area contributed by atoms with Crippen molar-refractivity contribution in [3.05, 3.63) is 35.0 Å². The number of aromatic amines is 1. The lowest BCUT2D eigenvalue weighted by Gasteiger charge is -2.23. The lowest BCUT2D eigenvalue weighted by atomic mass is 9.85. The zero-order valence-electron chi connectivity index (χ0n) is 11.8. The molecule has 1 aromatic carbocycles. The van der Waals surface area contributed by atoms with Gasteiger partial charge in [0, 0.05) is 23.4 Å². The van der Waals surface area contributed by atoms with Gasteiger partial charge < -0.3 is 9.88 Å². The first kappa shape index (κ1) is 12.4. The van der Waals surface area contributed by atoms with Gasteiger partial charge in [0.15, 0.2) is 5.78 Å². The second-order valence-corrected chi connectivity index (χ2v) is 5.89. The summed E-state index contributed by atoms with van der Waals surface area (Å²) in [6, 6.07) is 6.35. The predicted octanol–water partition coefficient (Wildman–Crippen LogP) is 2.78. The molecule has 3 rings (SSSR count). The summed E-state index contributed by atoms with van der Waals surface area (Å²) in [7, 11) is 4.05. The standard InChI is InChI=1S/C16H20N2O/c1-10-4-7-14-13(8-10)12-6-5-11(9-18(2)3)16(19)15(12)17-14/h4,7-8,11,17H,5-6,9H2,1-3H3. The average Bonchev–Trinajstić information content (AvgIpc) is 2.71. The molecule has 0 saturated carbocycles. The van der Waals surface area contributed by atoms with Crippen molar-refractivity contribution in [3.8, 4) is 0 Å². The van der Waals surface area contributed by atoms with Crippen molar-refractivity contribution in [3.63, 3.8) is 0 Å². The van der Waals surface area contributed by atoms with E-state index in [9.17, 15) is 4.79 Å². The fourth-order valence-corrected chi connectivity index (χ4v) is 3.10. The average molecular weight is 256 g/mol. The number of aromatic nitrogens is 1. The quantitative estimate of drug-likeness (QED) is 0.897. The Labute approximate surface area is 113 Å². The highest BCUT2D eigenvalue weighted by Gasteiger charge is 2.30. The van der Waals surface area contributed by atoms with Crippen molar-refractivity contribution in [2.45, 2.75) is 19.8 Å². The van der Waals surface area contributed by atoms with E-state index in [4.69, 9.17) is 0 Å². The van der Waals surface area contributed by atoms with Gasteiger partial charge in [-0.15, -0.1) is 0 Å². The Morgan fingerprint density at radius 1 is 1.37 bits per heavy atom. The maximum Gasteiger partial charge on any atom is 0.183 e. The Hall–Kier alpha value is -1.61. The predicted molar refractivity (Wildman–Crippen MR) is 77.7 cm³/mol.